The number of hydrogen-bond acceptors (Lipinski definition) is 2. The van der Waals surface area contributed by atoms with Gasteiger partial charge in [0.15, 0.2) is 5.78 Å². The molecule has 3 heteroatoms. The first-order valence-electron chi connectivity index (χ1n) is 10.4. The van der Waals surface area contributed by atoms with Crippen molar-refractivity contribution in [2.24, 2.45) is 17.3 Å². The SMILES string of the molecule is CCCC(=O)c1cc2c(cc1C(=O)O)CC[C@@H]1[C@@H]2CC[C@]2(C)CCC[C@@H]12. The number of fused-ring (bicyclic) bond motifs is 5. The van der Waals surface area contributed by atoms with Gasteiger partial charge in [0.25, 0.3) is 0 Å². The zero-order chi connectivity index (χ0) is 18.5. The number of rotatable bonds is 4. The molecule has 0 aromatic heterocycles. The van der Waals surface area contributed by atoms with E-state index in [-0.39, 0.29) is 11.3 Å². The summed E-state index contributed by atoms with van der Waals surface area (Å²) in [7, 11) is 0. The van der Waals surface area contributed by atoms with Gasteiger partial charge in [0, 0.05) is 12.0 Å². The number of aromatic carboxylic acids is 1. The van der Waals surface area contributed by atoms with Crippen LogP contribution in [-0.4, -0.2) is 16.9 Å². The zero-order valence-electron chi connectivity index (χ0n) is 16.0. The van der Waals surface area contributed by atoms with Gasteiger partial charge < -0.3 is 5.11 Å². The maximum atomic E-state index is 12.6. The molecule has 1 aromatic carbocycles. The number of aryl methyl sites for hydroxylation is 1. The van der Waals surface area contributed by atoms with E-state index in [0.717, 1.165) is 18.8 Å². The van der Waals surface area contributed by atoms with E-state index in [0.29, 0.717) is 29.2 Å². The summed E-state index contributed by atoms with van der Waals surface area (Å²) < 4.78 is 0. The third kappa shape index (κ3) is 2.71. The summed E-state index contributed by atoms with van der Waals surface area (Å²) in [4.78, 5) is 24.3. The highest BCUT2D eigenvalue weighted by Gasteiger charge is 2.50. The van der Waals surface area contributed by atoms with Crippen molar-refractivity contribution in [1.82, 2.24) is 0 Å². The minimum absolute atomic E-state index is 0.0173. The molecule has 2 saturated carbocycles. The molecule has 2 fully saturated rings. The lowest BCUT2D eigenvalue weighted by atomic mass is 9.55. The normalized spacial score (nSPS) is 32.5. The Balaban J connectivity index is 1.75. The van der Waals surface area contributed by atoms with Crippen LogP contribution >= 0.6 is 0 Å². The van der Waals surface area contributed by atoms with Gasteiger partial charge in [-0.2, -0.15) is 0 Å². The Hall–Kier alpha value is -1.64. The van der Waals surface area contributed by atoms with Gasteiger partial charge in [0.2, 0.25) is 0 Å². The average Bonchev–Trinajstić information content (AvgIpc) is 3.02. The van der Waals surface area contributed by atoms with Crippen molar-refractivity contribution < 1.29 is 14.7 Å². The van der Waals surface area contributed by atoms with E-state index < -0.39 is 5.97 Å². The molecule has 0 heterocycles. The van der Waals surface area contributed by atoms with Crippen LogP contribution in [0, 0.1) is 17.3 Å². The van der Waals surface area contributed by atoms with Gasteiger partial charge in [-0.1, -0.05) is 20.3 Å². The summed E-state index contributed by atoms with van der Waals surface area (Å²) >= 11 is 0. The maximum Gasteiger partial charge on any atom is 0.336 e. The minimum atomic E-state index is -0.971. The van der Waals surface area contributed by atoms with Crippen LogP contribution in [0.3, 0.4) is 0 Å². The molecule has 0 spiro atoms. The van der Waals surface area contributed by atoms with Crippen LogP contribution < -0.4 is 0 Å². The van der Waals surface area contributed by atoms with Crippen molar-refractivity contribution in [3.8, 4) is 0 Å². The van der Waals surface area contributed by atoms with Crippen LogP contribution in [0.15, 0.2) is 12.1 Å². The second kappa shape index (κ2) is 6.51. The standard InChI is InChI=1S/C23H30O3/c1-3-5-21(24)18-13-17-14(12-19(18)22(25)26)7-8-16-15(17)9-11-23(2)10-4-6-20(16)23/h12-13,15-16,20H,3-11H2,1-2H3,(H,25,26)/t15-,16+,20-,23-/m0/s1. The monoisotopic (exact) mass is 354 g/mol. The van der Waals surface area contributed by atoms with E-state index in [1.54, 1.807) is 0 Å². The predicted molar refractivity (Wildman–Crippen MR) is 102 cm³/mol. The fourth-order valence-corrected chi connectivity index (χ4v) is 6.38. The molecule has 0 saturated heterocycles. The number of hydrogen-bond donors (Lipinski definition) is 1. The van der Waals surface area contributed by atoms with Crippen molar-refractivity contribution in [2.75, 3.05) is 0 Å². The molecule has 140 valence electrons. The maximum absolute atomic E-state index is 12.6. The first-order valence-corrected chi connectivity index (χ1v) is 10.4. The predicted octanol–water partition coefficient (Wildman–Crippen LogP) is 5.61. The summed E-state index contributed by atoms with van der Waals surface area (Å²) in [6.07, 6.45) is 9.86. The number of carboxylic acids is 1. The van der Waals surface area contributed by atoms with Gasteiger partial charge >= 0.3 is 5.97 Å². The molecule has 0 aliphatic heterocycles. The molecule has 0 amide bonds. The van der Waals surface area contributed by atoms with Gasteiger partial charge in [0.1, 0.15) is 0 Å². The van der Waals surface area contributed by atoms with E-state index in [2.05, 4.69) is 6.92 Å². The van der Waals surface area contributed by atoms with E-state index in [1.807, 2.05) is 19.1 Å². The van der Waals surface area contributed by atoms with Crippen LogP contribution in [0.4, 0.5) is 0 Å². The number of carbonyl (C=O) groups is 2. The lowest BCUT2D eigenvalue weighted by Crippen LogP contribution is -2.39. The number of Topliss-reactive ketones (excluding diaryl/α,β-unsaturated/α-hetero) is 1. The first-order chi connectivity index (χ1) is 12.4. The van der Waals surface area contributed by atoms with E-state index in [4.69, 9.17) is 0 Å². The van der Waals surface area contributed by atoms with Gasteiger partial charge in [-0.15, -0.1) is 0 Å². The van der Waals surface area contributed by atoms with Crippen LogP contribution in [0.5, 0.6) is 0 Å². The van der Waals surface area contributed by atoms with Crippen molar-refractivity contribution in [3.05, 3.63) is 34.4 Å². The van der Waals surface area contributed by atoms with Crippen molar-refractivity contribution in [2.45, 2.75) is 77.6 Å². The first kappa shape index (κ1) is 17.8. The highest BCUT2D eigenvalue weighted by Crippen LogP contribution is 2.60. The second-order valence-electron chi connectivity index (χ2n) is 9.08. The average molecular weight is 354 g/mol. The highest BCUT2D eigenvalue weighted by atomic mass is 16.4. The molecular formula is C23H30O3. The fourth-order valence-electron chi connectivity index (χ4n) is 6.38. The third-order valence-corrected chi connectivity index (χ3v) is 7.65. The Morgan fingerprint density at radius 3 is 2.69 bits per heavy atom. The largest absolute Gasteiger partial charge is 0.478 e. The summed E-state index contributed by atoms with van der Waals surface area (Å²) in [6.45, 7) is 4.45. The molecule has 1 N–H and O–H groups in total. The summed E-state index contributed by atoms with van der Waals surface area (Å²) in [5.74, 6) is 1.06. The summed E-state index contributed by atoms with van der Waals surface area (Å²) in [6, 6.07) is 3.80. The van der Waals surface area contributed by atoms with Gasteiger partial charge in [-0.25, -0.2) is 4.79 Å². The van der Waals surface area contributed by atoms with Crippen molar-refractivity contribution in [1.29, 1.82) is 0 Å². The fraction of sp³-hybridized carbons (Fsp3) is 0.652. The quantitative estimate of drug-likeness (QED) is 0.715. The highest BCUT2D eigenvalue weighted by molar-refractivity contribution is 6.06. The number of benzene rings is 1. The Morgan fingerprint density at radius 1 is 1.15 bits per heavy atom. The van der Waals surface area contributed by atoms with Crippen LogP contribution in [0.1, 0.15) is 103 Å². The summed E-state index contributed by atoms with van der Waals surface area (Å²) in [5.41, 5.74) is 3.64. The van der Waals surface area contributed by atoms with E-state index in [9.17, 15) is 14.7 Å². The Labute approximate surface area is 156 Å². The molecular weight excluding hydrogens is 324 g/mol. The van der Waals surface area contributed by atoms with Crippen LogP contribution in [0.2, 0.25) is 0 Å². The smallest absolute Gasteiger partial charge is 0.336 e. The number of carboxylic acid groups (broad SMARTS) is 1. The molecule has 3 aliphatic rings. The molecule has 0 bridgehead atoms. The number of ketones is 1. The van der Waals surface area contributed by atoms with E-state index in [1.165, 1.54) is 49.7 Å². The van der Waals surface area contributed by atoms with Gasteiger partial charge in [0.05, 0.1) is 5.56 Å². The molecule has 0 radical (unpaired) electrons. The Morgan fingerprint density at radius 2 is 1.96 bits per heavy atom. The third-order valence-electron chi connectivity index (χ3n) is 7.65. The zero-order valence-corrected chi connectivity index (χ0v) is 16.0. The van der Waals surface area contributed by atoms with Crippen LogP contribution in [0.25, 0.3) is 0 Å². The molecule has 1 aromatic rings. The molecule has 4 rings (SSSR count). The molecule has 0 unspecified atom stereocenters. The Kier molecular flexibility index (Phi) is 4.45. The van der Waals surface area contributed by atoms with Crippen molar-refractivity contribution in [3.63, 3.8) is 0 Å². The number of carbonyl (C=O) groups excluding carboxylic acids is 1. The Bertz CT molecular complexity index is 750. The van der Waals surface area contributed by atoms with Crippen LogP contribution in [-0.2, 0) is 6.42 Å². The topological polar surface area (TPSA) is 54.4 Å². The van der Waals surface area contributed by atoms with E-state index >= 15 is 0 Å². The van der Waals surface area contributed by atoms with Gasteiger partial charge in [-0.05, 0) is 91.4 Å². The lowest BCUT2D eigenvalue weighted by Gasteiger charge is -2.49. The van der Waals surface area contributed by atoms with Crippen molar-refractivity contribution >= 4 is 11.8 Å². The molecule has 3 aliphatic carbocycles. The van der Waals surface area contributed by atoms with Gasteiger partial charge in [-0.3, -0.25) is 4.79 Å². The molecule has 3 nitrogen and oxygen atoms in total. The molecule has 4 atom stereocenters. The molecule has 26 heavy (non-hydrogen) atoms. The second-order valence-corrected chi connectivity index (χ2v) is 9.08. The summed E-state index contributed by atoms with van der Waals surface area (Å²) in [5, 5.41) is 9.62. The minimum Gasteiger partial charge on any atom is -0.478 e. The lowest BCUT2D eigenvalue weighted by molar-refractivity contribution is 0.0596.